The van der Waals surface area contributed by atoms with Gasteiger partial charge in [-0.25, -0.2) is 9.97 Å². The maximum atomic E-state index is 5.51. The summed E-state index contributed by atoms with van der Waals surface area (Å²) in [6.07, 6.45) is 10.2. The molecule has 2 N–H and O–H groups in total. The molecular weight excluding hydrogens is 496 g/mol. The molecule has 2 saturated heterocycles. The summed E-state index contributed by atoms with van der Waals surface area (Å²) in [6.45, 7) is 3.53. The van der Waals surface area contributed by atoms with Gasteiger partial charge in [-0.05, 0) is 96.2 Å². The Hall–Kier alpha value is -3.74. The maximum Gasteiger partial charge on any atom is 0.133 e. The lowest BCUT2D eigenvalue weighted by Gasteiger charge is -2.13. The molecule has 0 aliphatic carbocycles. The first kappa shape index (κ1) is 25.2. The van der Waals surface area contributed by atoms with E-state index in [1.165, 1.54) is 44.8 Å². The SMILES string of the molecule is c1cnc2c(c1)CCc1cc(C3CCOC3)ccc1N2.c1cnc2c(c1)CCc1cc(C3CCOC3)ccc1N2. The minimum Gasteiger partial charge on any atom is -0.381 e. The summed E-state index contributed by atoms with van der Waals surface area (Å²) in [4.78, 5) is 8.89. The Balaban J connectivity index is 0.000000132. The monoisotopic (exact) mass is 532 g/mol. The van der Waals surface area contributed by atoms with Crippen LogP contribution < -0.4 is 10.6 Å². The second-order valence-electron chi connectivity index (χ2n) is 11.2. The van der Waals surface area contributed by atoms with Gasteiger partial charge in [0.15, 0.2) is 0 Å². The highest BCUT2D eigenvalue weighted by Gasteiger charge is 2.21. The van der Waals surface area contributed by atoms with Crippen molar-refractivity contribution in [3.8, 4) is 0 Å². The van der Waals surface area contributed by atoms with Crippen molar-refractivity contribution >= 4 is 23.0 Å². The normalized spacial score (nSPS) is 20.7. The zero-order chi connectivity index (χ0) is 26.7. The van der Waals surface area contributed by atoms with Crippen molar-refractivity contribution in [1.29, 1.82) is 0 Å². The average molecular weight is 533 g/mol. The van der Waals surface area contributed by atoms with Crippen molar-refractivity contribution in [2.24, 2.45) is 0 Å². The fraction of sp³-hybridized carbons (Fsp3) is 0.353. The number of nitrogens with one attached hydrogen (secondary N) is 2. The average Bonchev–Trinajstić information content (AvgIpc) is 3.67. The van der Waals surface area contributed by atoms with Crippen molar-refractivity contribution in [2.45, 2.75) is 50.4 Å². The molecule has 0 saturated carbocycles. The van der Waals surface area contributed by atoms with E-state index in [1.54, 1.807) is 0 Å². The minimum absolute atomic E-state index is 0.573. The number of hydrogen-bond donors (Lipinski definition) is 2. The molecule has 40 heavy (non-hydrogen) atoms. The number of aryl methyl sites for hydroxylation is 4. The summed E-state index contributed by atoms with van der Waals surface area (Å²) in [7, 11) is 0. The highest BCUT2D eigenvalue weighted by molar-refractivity contribution is 5.67. The quantitative estimate of drug-likeness (QED) is 0.294. The van der Waals surface area contributed by atoms with Gasteiger partial charge >= 0.3 is 0 Å². The Kier molecular flexibility index (Phi) is 7.19. The van der Waals surface area contributed by atoms with Crippen LogP contribution in [0.2, 0.25) is 0 Å². The van der Waals surface area contributed by atoms with Gasteiger partial charge in [-0.3, -0.25) is 0 Å². The van der Waals surface area contributed by atoms with Crippen molar-refractivity contribution in [3.05, 3.63) is 106 Å². The molecule has 2 fully saturated rings. The molecule has 204 valence electrons. The van der Waals surface area contributed by atoms with Crippen LogP contribution in [0.3, 0.4) is 0 Å². The number of aromatic nitrogens is 2. The summed E-state index contributed by atoms with van der Waals surface area (Å²) in [5.74, 6) is 3.15. The fourth-order valence-electron chi connectivity index (χ4n) is 6.29. The van der Waals surface area contributed by atoms with Gasteiger partial charge in [0, 0.05) is 48.8 Å². The zero-order valence-corrected chi connectivity index (χ0v) is 22.9. The van der Waals surface area contributed by atoms with E-state index in [0.717, 1.165) is 76.6 Å². The van der Waals surface area contributed by atoms with Gasteiger partial charge in [0.25, 0.3) is 0 Å². The van der Waals surface area contributed by atoms with Crippen LogP contribution in [-0.4, -0.2) is 36.4 Å². The molecular formula is C34H36N4O2. The molecule has 0 bridgehead atoms. The van der Waals surface area contributed by atoms with Gasteiger partial charge < -0.3 is 20.1 Å². The summed E-state index contributed by atoms with van der Waals surface area (Å²) in [6, 6.07) is 21.9. The van der Waals surface area contributed by atoms with Gasteiger partial charge in [0.1, 0.15) is 11.6 Å². The topological polar surface area (TPSA) is 68.3 Å². The molecule has 4 aliphatic heterocycles. The first-order valence-electron chi connectivity index (χ1n) is 14.6. The summed E-state index contributed by atoms with van der Waals surface area (Å²) in [5, 5.41) is 6.96. The zero-order valence-electron chi connectivity index (χ0n) is 22.9. The third-order valence-electron chi connectivity index (χ3n) is 8.68. The summed E-state index contributed by atoms with van der Waals surface area (Å²) in [5.41, 5.74) is 10.6. The molecule has 6 heteroatoms. The number of anilines is 4. The Bertz CT molecular complexity index is 1380. The fourth-order valence-corrected chi connectivity index (χ4v) is 6.29. The smallest absolute Gasteiger partial charge is 0.133 e. The Morgan fingerprint density at radius 2 is 1.05 bits per heavy atom. The number of rotatable bonds is 2. The highest BCUT2D eigenvalue weighted by Crippen LogP contribution is 2.34. The molecule has 6 nitrogen and oxygen atoms in total. The molecule has 8 rings (SSSR count). The van der Waals surface area contributed by atoms with Crippen LogP contribution in [0.5, 0.6) is 0 Å². The van der Waals surface area contributed by atoms with Crippen LogP contribution in [0.4, 0.5) is 23.0 Å². The predicted molar refractivity (Wildman–Crippen MR) is 159 cm³/mol. The van der Waals surface area contributed by atoms with Gasteiger partial charge in [-0.2, -0.15) is 0 Å². The lowest BCUT2D eigenvalue weighted by Crippen LogP contribution is -2.01. The van der Waals surface area contributed by atoms with Gasteiger partial charge in [0.2, 0.25) is 0 Å². The van der Waals surface area contributed by atoms with Crippen LogP contribution in [0, 0.1) is 0 Å². The number of fused-ring (bicyclic) bond motifs is 4. The van der Waals surface area contributed by atoms with E-state index in [9.17, 15) is 0 Å². The van der Waals surface area contributed by atoms with E-state index in [2.05, 4.69) is 69.1 Å². The molecule has 2 aromatic carbocycles. The van der Waals surface area contributed by atoms with E-state index >= 15 is 0 Å². The molecule has 0 amide bonds. The number of benzene rings is 2. The lowest BCUT2D eigenvalue weighted by molar-refractivity contribution is 0.194. The Labute approximate surface area is 236 Å². The summed E-state index contributed by atoms with van der Waals surface area (Å²) < 4.78 is 11.0. The molecule has 2 atom stereocenters. The van der Waals surface area contributed by atoms with Crippen molar-refractivity contribution in [1.82, 2.24) is 9.97 Å². The van der Waals surface area contributed by atoms with E-state index in [0.29, 0.717) is 11.8 Å². The number of ether oxygens (including phenoxy) is 2. The third kappa shape index (κ3) is 5.34. The number of hydrogen-bond acceptors (Lipinski definition) is 6. The minimum atomic E-state index is 0.573. The molecule has 4 aliphatic rings. The van der Waals surface area contributed by atoms with Crippen LogP contribution in [0.25, 0.3) is 0 Å². The van der Waals surface area contributed by atoms with Crippen molar-refractivity contribution in [2.75, 3.05) is 37.1 Å². The largest absolute Gasteiger partial charge is 0.381 e. The predicted octanol–water partition coefficient (Wildman–Crippen LogP) is 6.86. The van der Waals surface area contributed by atoms with E-state index in [1.807, 2.05) is 24.5 Å². The van der Waals surface area contributed by atoms with Gasteiger partial charge in [-0.1, -0.05) is 36.4 Å². The third-order valence-corrected chi connectivity index (χ3v) is 8.68. The molecule has 0 spiro atoms. The Morgan fingerprint density at radius 3 is 1.50 bits per heavy atom. The Morgan fingerprint density at radius 1 is 0.575 bits per heavy atom. The number of pyridine rings is 2. The molecule has 2 aromatic heterocycles. The molecule has 2 unspecified atom stereocenters. The number of nitrogens with zero attached hydrogens (tertiary/aromatic N) is 2. The molecule has 6 heterocycles. The standard InChI is InChI=1S/2C17H18N2O/c2*1-2-12-3-4-14-10-13(15-7-9-20-11-15)5-6-16(14)19-17(12)18-8-1/h2*1-2,5-6,8,10,15H,3-4,7,9,11H2,(H,18,19). The maximum absolute atomic E-state index is 5.51. The van der Waals surface area contributed by atoms with Crippen LogP contribution in [0.15, 0.2) is 73.1 Å². The van der Waals surface area contributed by atoms with Crippen molar-refractivity contribution in [3.63, 3.8) is 0 Å². The van der Waals surface area contributed by atoms with E-state index < -0.39 is 0 Å². The van der Waals surface area contributed by atoms with Gasteiger partial charge in [-0.15, -0.1) is 0 Å². The molecule has 0 radical (unpaired) electrons. The second-order valence-corrected chi connectivity index (χ2v) is 11.2. The van der Waals surface area contributed by atoms with E-state index in [4.69, 9.17) is 9.47 Å². The van der Waals surface area contributed by atoms with E-state index in [-0.39, 0.29) is 0 Å². The van der Waals surface area contributed by atoms with Crippen LogP contribution >= 0.6 is 0 Å². The van der Waals surface area contributed by atoms with Crippen LogP contribution in [0.1, 0.15) is 58.1 Å². The van der Waals surface area contributed by atoms with Crippen molar-refractivity contribution < 1.29 is 9.47 Å². The summed E-state index contributed by atoms with van der Waals surface area (Å²) >= 11 is 0. The lowest BCUT2D eigenvalue weighted by atomic mass is 9.94. The second kappa shape index (κ2) is 11.4. The molecule has 4 aromatic rings. The van der Waals surface area contributed by atoms with Gasteiger partial charge in [0.05, 0.1) is 13.2 Å². The first-order valence-corrected chi connectivity index (χ1v) is 14.6. The van der Waals surface area contributed by atoms with Crippen LogP contribution in [-0.2, 0) is 35.2 Å². The first-order chi connectivity index (χ1) is 19.8. The highest BCUT2D eigenvalue weighted by atomic mass is 16.5.